The highest BCUT2D eigenvalue weighted by Gasteiger charge is 2.13. The van der Waals surface area contributed by atoms with Gasteiger partial charge in [0.15, 0.2) is 0 Å². The van der Waals surface area contributed by atoms with Gasteiger partial charge in [0.1, 0.15) is 0 Å². The molecule has 0 saturated heterocycles. The first-order valence-corrected chi connectivity index (χ1v) is 7.68. The van der Waals surface area contributed by atoms with Crippen molar-refractivity contribution in [2.75, 3.05) is 5.73 Å². The van der Waals surface area contributed by atoms with Crippen LogP contribution in [0.1, 0.15) is 37.5 Å². The molecule has 0 spiro atoms. The fourth-order valence-corrected chi connectivity index (χ4v) is 2.86. The van der Waals surface area contributed by atoms with Crippen molar-refractivity contribution in [1.82, 2.24) is 0 Å². The Kier molecular flexibility index (Phi) is 4.72. The molecular weight excluding hydrogens is 266 g/mol. The lowest BCUT2D eigenvalue weighted by molar-refractivity contribution is 1.05. The van der Waals surface area contributed by atoms with Gasteiger partial charge in [-0.05, 0) is 59.7 Å². The molecule has 0 aromatic heterocycles. The first-order valence-electron chi connectivity index (χ1n) is 7.30. The number of benzene rings is 2. The van der Waals surface area contributed by atoms with Gasteiger partial charge in [-0.2, -0.15) is 0 Å². The van der Waals surface area contributed by atoms with Crippen LogP contribution in [0.5, 0.6) is 0 Å². The van der Waals surface area contributed by atoms with E-state index in [0.29, 0.717) is 0 Å². The molecular formula is C18H22ClN. The molecule has 20 heavy (non-hydrogen) atoms. The molecule has 1 nitrogen and oxygen atoms in total. The third-order valence-electron chi connectivity index (χ3n) is 3.82. The minimum Gasteiger partial charge on any atom is -0.398 e. The van der Waals surface area contributed by atoms with Crippen molar-refractivity contribution in [3.8, 4) is 11.1 Å². The molecule has 0 atom stereocenters. The molecule has 0 bridgehead atoms. The normalized spacial score (nSPS) is 10.8. The van der Waals surface area contributed by atoms with E-state index in [1.807, 2.05) is 18.2 Å². The van der Waals surface area contributed by atoms with Crippen LogP contribution in [0.15, 0.2) is 30.3 Å². The summed E-state index contributed by atoms with van der Waals surface area (Å²) < 4.78 is 0. The highest BCUT2D eigenvalue weighted by atomic mass is 35.5. The first kappa shape index (κ1) is 14.9. The number of rotatable bonds is 4. The number of nitrogens with two attached hydrogens (primary N) is 1. The van der Waals surface area contributed by atoms with E-state index in [1.54, 1.807) is 0 Å². The third-order valence-corrected chi connectivity index (χ3v) is 4.05. The summed E-state index contributed by atoms with van der Waals surface area (Å²) in [6.45, 7) is 6.58. The number of halogens is 1. The van der Waals surface area contributed by atoms with Crippen LogP contribution in [-0.4, -0.2) is 0 Å². The molecule has 2 N–H and O–H groups in total. The van der Waals surface area contributed by atoms with Gasteiger partial charge >= 0.3 is 0 Å². The summed E-state index contributed by atoms with van der Waals surface area (Å²) in [5.74, 6) is 0. The Morgan fingerprint density at radius 1 is 0.900 bits per heavy atom. The fourth-order valence-electron chi connectivity index (χ4n) is 2.69. The average Bonchev–Trinajstić information content (AvgIpc) is 2.48. The van der Waals surface area contributed by atoms with E-state index in [0.717, 1.165) is 35.5 Å². The zero-order valence-electron chi connectivity index (χ0n) is 12.5. The lowest BCUT2D eigenvalue weighted by atomic mass is 9.88. The SMILES string of the molecule is CCc1cc(CC)c(-c2cc(Cl)ccc2N)c(CC)c1. The van der Waals surface area contributed by atoms with E-state index in [1.165, 1.54) is 22.3 Å². The Bertz CT molecular complexity index is 592. The van der Waals surface area contributed by atoms with E-state index in [2.05, 4.69) is 32.9 Å². The zero-order valence-corrected chi connectivity index (χ0v) is 13.2. The van der Waals surface area contributed by atoms with Crippen LogP contribution >= 0.6 is 11.6 Å². The lowest BCUT2D eigenvalue weighted by Gasteiger charge is -2.17. The van der Waals surface area contributed by atoms with E-state index in [-0.39, 0.29) is 0 Å². The largest absolute Gasteiger partial charge is 0.398 e. The maximum absolute atomic E-state index is 6.18. The molecule has 0 aliphatic heterocycles. The maximum Gasteiger partial charge on any atom is 0.0413 e. The van der Waals surface area contributed by atoms with Crippen molar-refractivity contribution in [3.63, 3.8) is 0 Å². The standard InChI is InChI=1S/C18H22ClN/c1-4-12-9-13(5-2)18(14(6-3)10-12)16-11-15(19)7-8-17(16)20/h7-11H,4-6,20H2,1-3H3. The molecule has 2 aromatic carbocycles. The molecule has 0 unspecified atom stereocenters. The Balaban J connectivity index is 2.74. The second-order valence-electron chi connectivity index (χ2n) is 5.08. The average molecular weight is 288 g/mol. The van der Waals surface area contributed by atoms with Gasteiger partial charge in [0.25, 0.3) is 0 Å². The lowest BCUT2D eigenvalue weighted by Crippen LogP contribution is -2.00. The van der Waals surface area contributed by atoms with Gasteiger partial charge in [0.2, 0.25) is 0 Å². The minimum absolute atomic E-state index is 0.734. The number of nitrogen functional groups attached to an aromatic ring is 1. The topological polar surface area (TPSA) is 26.0 Å². The Hall–Kier alpha value is -1.47. The predicted octanol–water partition coefficient (Wildman–Crippen LogP) is 5.28. The number of anilines is 1. The van der Waals surface area contributed by atoms with Crippen LogP contribution in [0.3, 0.4) is 0 Å². The van der Waals surface area contributed by atoms with Crippen LogP contribution in [0, 0.1) is 0 Å². The summed E-state index contributed by atoms with van der Waals surface area (Å²) in [4.78, 5) is 0. The van der Waals surface area contributed by atoms with Crippen LogP contribution in [-0.2, 0) is 19.3 Å². The summed E-state index contributed by atoms with van der Waals surface area (Å²) in [5.41, 5.74) is 13.4. The maximum atomic E-state index is 6.18. The highest BCUT2D eigenvalue weighted by Crippen LogP contribution is 2.35. The molecule has 0 fully saturated rings. The Labute approximate surface area is 126 Å². The Morgan fingerprint density at radius 3 is 2.00 bits per heavy atom. The summed E-state index contributed by atoms with van der Waals surface area (Å²) >= 11 is 6.16. The number of hydrogen-bond donors (Lipinski definition) is 1. The van der Waals surface area contributed by atoms with Gasteiger partial charge in [0.05, 0.1) is 0 Å². The molecule has 106 valence electrons. The van der Waals surface area contributed by atoms with Crippen molar-refractivity contribution in [1.29, 1.82) is 0 Å². The molecule has 0 aliphatic rings. The molecule has 2 rings (SSSR count). The summed E-state index contributed by atoms with van der Waals surface area (Å²) in [7, 11) is 0. The van der Waals surface area contributed by atoms with Crippen LogP contribution in [0.2, 0.25) is 5.02 Å². The summed E-state index contributed by atoms with van der Waals surface area (Å²) in [6, 6.07) is 10.3. The molecule has 2 aromatic rings. The number of aryl methyl sites for hydroxylation is 3. The van der Waals surface area contributed by atoms with Crippen LogP contribution < -0.4 is 5.73 Å². The van der Waals surface area contributed by atoms with Crippen molar-refractivity contribution < 1.29 is 0 Å². The van der Waals surface area contributed by atoms with Gasteiger partial charge in [0, 0.05) is 16.3 Å². The van der Waals surface area contributed by atoms with Crippen molar-refractivity contribution in [2.45, 2.75) is 40.0 Å². The highest BCUT2D eigenvalue weighted by molar-refractivity contribution is 6.31. The Morgan fingerprint density at radius 2 is 1.50 bits per heavy atom. The van der Waals surface area contributed by atoms with Gasteiger partial charge < -0.3 is 5.73 Å². The third kappa shape index (κ3) is 2.83. The summed E-state index contributed by atoms with van der Waals surface area (Å²) in [5, 5.41) is 0.734. The smallest absolute Gasteiger partial charge is 0.0413 e. The quantitative estimate of drug-likeness (QED) is 0.761. The second-order valence-corrected chi connectivity index (χ2v) is 5.52. The van der Waals surface area contributed by atoms with Crippen LogP contribution in [0.4, 0.5) is 5.69 Å². The van der Waals surface area contributed by atoms with Gasteiger partial charge in [-0.3, -0.25) is 0 Å². The summed E-state index contributed by atoms with van der Waals surface area (Å²) in [6.07, 6.45) is 3.07. The second kappa shape index (κ2) is 6.32. The van der Waals surface area contributed by atoms with Gasteiger partial charge in [-0.25, -0.2) is 0 Å². The van der Waals surface area contributed by atoms with Crippen molar-refractivity contribution in [3.05, 3.63) is 52.0 Å². The molecule has 0 radical (unpaired) electrons. The van der Waals surface area contributed by atoms with Gasteiger partial charge in [-0.15, -0.1) is 0 Å². The molecule has 2 heteroatoms. The van der Waals surface area contributed by atoms with Crippen LogP contribution in [0.25, 0.3) is 11.1 Å². The van der Waals surface area contributed by atoms with Crippen molar-refractivity contribution >= 4 is 17.3 Å². The monoisotopic (exact) mass is 287 g/mol. The van der Waals surface area contributed by atoms with E-state index >= 15 is 0 Å². The van der Waals surface area contributed by atoms with E-state index in [9.17, 15) is 0 Å². The predicted molar refractivity (Wildman–Crippen MR) is 89.4 cm³/mol. The van der Waals surface area contributed by atoms with Crippen molar-refractivity contribution in [2.24, 2.45) is 0 Å². The van der Waals surface area contributed by atoms with E-state index in [4.69, 9.17) is 17.3 Å². The molecule has 0 aliphatic carbocycles. The molecule has 0 saturated carbocycles. The van der Waals surface area contributed by atoms with Gasteiger partial charge in [-0.1, -0.05) is 44.5 Å². The van der Waals surface area contributed by atoms with E-state index < -0.39 is 0 Å². The molecule has 0 amide bonds. The first-order chi connectivity index (χ1) is 9.60. The minimum atomic E-state index is 0.734. The fraction of sp³-hybridized carbons (Fsp3) is 0.333. The zero-order chi connectivity index (χ0) is 14.7. The molecule has 0 heterocycles. The number of hydrogen-bond acceptors (Lipinski definition) is 1.